The SMILES string of the molecule is COc1ccc(C(=O)OC(C)c2nc3ccccc3n2C(F)F)cc1[N+](=O)[O-]. The molecule has 1 unspecified atom stereocenters. The molecule has 3 aromatic rings. The standard InChI is InChI=1S/C18H15F2N3O5/c1-10(16-21-12-5-3-4-6-13(12)22(16)18(19)20)28-17(24)11-7-8-15(27-2)14(9-11)23(25)26/h3-10,18H,1-2H3. The number of imidazole rings is 1. The summed E-state index contributed by atoms with van der Waals surface area (Å²) in [5.74, 6) is -1.06. The first-order valence-electron chi connectivity index (χ1n) is 8.12. The van der Waals surface area contributed by atoms with Gasteiger partial charge < -0.3 is 9.47 Å². The number of halogens is 2. The smallest absolute Gasteiger partial charge is 0.339 e. The first-order chi connectivity index (χ1) is 13.3. The molecule has 3 rings (SSSR count). The van der Waals surface area contributed by atoms with Crippen LogP contribution in [0, 0.1) is 10.1 Å². The van der Waals surface area contributed by atoms with Crippen LogP contribution in [-0.4, -0.2) is 27.6 Å². The van der Waals surface area contributed by atoms with Crippen molar-refractivity contribution in [3.63, 3.8) is 0 Å². The molecule has 0 aliphatic heterocycles. The quantitative estimate of drug-likeness (QED) is 0.354. The van der Waals surface area contributed by atoms with Crippen molar-refractivity contribution in [3.05, 3.63) is 64.0 Å². The van der Waals surface area contributed by atoms with E-state index in [4.69, 9.17) is 9.47 Å². The molecule has 146 valence electrons. The molecule has 0 amide bonds. The van der Waals surface area contributed by atoms with Crippen LogP contribution in [0.3, 0.4) is 0 Å². The topological polar surface area (TPSA) is 96.5 Å². The Labute approximate surface area is 157 Å². The molecule has 1 atom stereocenters. The van der Waals surface area contributed by atoms with Crippen molar-refractivity contribution in [2.75, 3.05) is 7.11 Å². The van der Waals surface area contributed by atoms with Crippen molar-refractivity contribution in [2.45, 2.75) is 19.6 Å². The Morgan fingerprint density at radius 1 is 1.25 bits per heavy atom. The van der Waals surface area contributed by atoms with E-state index in [1.165, 1.54) is 32.2 Å². The van der Waals surface area contributed by atoms with Gasteiger partial charge in [0.15, 0.2) is 17.7 Å². The Morgan fingerprint density at radius 2 is 1.96 bits per heavy atom. The molecular formula is C18H15F2N3O5. The van der Waals surface area contributed by atoms with E-state index in [2.05, 4.69) is 4.98 Å². The Morgan fingerprint density at radius 3 is 2.61 bits per heavy atom. The second-order valence-electron chi connectivity index (χ2n) is 5.80. The number of alkyl halides is 2. The maximum Gasteiger partial charge on any atom is 0.339 e. The van der Waals surface area contributed by atoms with Gasteiger partial charge in [-0.1, -0.05) is 12.1 Å². The highest BCUT2D eigenvalue weighted by Gasteiger charge is 2.26. The number of esters is 1. The van der Waals surface area contributed by atoms with Gasteiger partial charge in [-0.25, -0.2) is 9.78 Å². The minimum Gasteiger partial charge on any atom is -0.490 e. The lowest BCUT2D eigenvalue weighted by Gasteiger charge is -2.15. The van der Waals surface area contributed by atoms with Crippen LogP contribution in [0.15, 0.2) is 42.5 Å². The molecule has 2 aromatic carbocycles. The summed E-state index contributed by atoms with van der Waals surface area (Å²) in [6.07, 6.45) is -1.12. The van der Waals surface area contributed by atoms with Crippen LogP contribution >= 0.6 is 0 Å². The number of nitro groups is 1. The van der Waals surface area contributed by atoms with Crippen LogP contribution < -0.4 is 4.74 Å². The molecule has 0 saturated carbocycles. The Hall–Kier alpha value is -3.56. The van der Waals surface area contributed by atoms with E-state index in [1.807, 2.05) is 0 Å². The van der Waals surface area contributed by atoms with Crippen LogP contribution in [-0.2, 0) is 4.74 Å². The van der Waals surface area contributed by atoms with Crippen LogP contribution in [0.5, 0.6) is 5.75 Å². The molecule has 0 bridgehead atoms. The maximum absolute atomic E-state index is 13.5. The van der Waals surface area contributed by atoms with Gasteiger partial charge in [0.25, 0.3) is 0 Å². The number of para-hydroxylation sites is 2. The molecule has 0 aliphatic rings. The number of ether oxygens (including phenoxy) is 2. The van der Waals surface area contributed by atoms with E-state index >= 15 is 0 Å². The number of carbonyl (C=O) groups is 1. The zero-order valence-electron chi connectivity index (χ0n) is 14.8. The summed E-state index contributed by atoms with van der Waals surface area (Å²) in [7, 11) is 1.26. The zero-order chi connectivity index (χ0) is 20.4. The van der Waals surface area contributed by atoms with Gasteiger partial charge in [-0.15, -0.1) is 0 Å². The number of carbonyl (C=O) groups excluding carboxylic acids is 1. The number of methoxy groups -OCH3 is 1. The number of nitro benzene ring substituents is 1. The van der Waals surface area contributed by atoms with Crippen molar-refractivity contribution in [1.82, 2.24) is 9.55 Å². The van der Waals surface area contributed by atoms with Crippen molar-refractivity contribution in [1.29, 1.82) is 0 Å². The van der Waals surface area contributed by atoms with Gasteiger partial charge in [0.2, 0.25) is 0 Å². The van der Waals surface area contributed by atoms with E-state index in [-0.39, 0.29) is 22.7 Å². The molecule has 0 N–H and O–H groups in total. The highest BCUT2D eigenvalue weighted by Crippen LogP contribution is 2.30. The molecule has 10 heteroatoms. The Kier molecular flexibility index (Phi) is 5.21. The third-order valence-electron chi connectivity index (χ3n) is 4.08. The van der Waals surface area contributed by atoms with Crippen LogP contribution in [0.1, 0.15) is 35.8 Å². The molecule has 8 nitrogen and oxygen atoms in total. The van der Waals surface area contributed by atoms with E-state index in [0.717, 1.165) is 6.07 Å². The van der Waals surface area contributed by atoms with Gasteiger partial charge in [-0.05, 0) is 31.2 Å². The lowest BCUT2D eigenvalue weighted by molar-refractivity contribution is -0.385. The van der Waals surface area contributed by atoms with Gasteiger partial charge in [0, 0.05) is 6.07 Å². The number of rotatable bonds is 6. The number of benzene rings is 2. The fourth-order valence-electron chi connectivity index (χ4n) is 2.80. The van der Waals surface area contributed by atoms with Gasteiger partial charge in [0.1, 0.15) is 0 Å². The minimum absolute atomic E-state index is 0.0194. The van der Waals surface area contributed by atoms with Gasteiger partial charge in [-0.2, -0.15) is 8.78 Å². The Balaban J connectivity index is 1.91. The normalized spacial score (nSPS) is 12.2. The monoisotopic (exact) mass is 391 g/mol. The minimum atomic E-state index is -2.88. The average molecular weight is 391 g/mol. The molecule has 28 heavy (non-hydrogen) atoms. The third-order valence-corrected chi connectivity index (χ3v) is 4.08. The molecule has 0 radical (unpaired) electrons. The van der Waals surface area contributed by atoms with E-state index in [0.29, 0.717) is 10.1 Å². The predicted octanol–water partition coefficient (Wildman–Crippen LogP) is 4.27. The fourth-order valence-corrected chi connectivity index (χ4v) is 2.80. The van der Waals surface area contributed by atoms with Gasteiger partial charge >= 0.3 is 18.2 Å². The van der Waals surface area contributed by atoms with Crippen molar-refractivity contribution in [3.8, 4) is 5.75 Å². The molecule has 1 heterocycles. The maximum atomic E-state index is 13.5. The number of hydrogen-bond donors (Lipinski definition) is 0. The highest BCUT2D eigenvalue weighted by molar-refractivity contribution is 5.90. The van der Waals surface area contributed by atoms with Gasteiger partial charge in [0.05, 0.1) is 28.6 Å². The summed E-state index contributed by atoms with van der Waals surface area (Å²) in [5, 5.41) is 11.1. The molecule has 1 aromatic heterocycles. The van der Waals surface area contributed by atoms with E-state index in [9.17, 15) is 23.7 Å². The summed E-state index contributed by atoms with van der Waals surface area (Å²) < 4.78 is 37.9. The van der Waals surface area contributed by atoms with Crippen LogP contribution in [0.4, 0.5) is 14.5 Å². The van der Waals surface area contributed by atoms with Crippen LogP contribution in [0.25, 0.3) is 11.0 Å². The zero-order valence-corrected chi connectivity index (χ0v) is 14.8. The summed E-state index contributed by atoms with van der Waals surface area (Å²) in [6, 6.07) is 9.86. The lowest BCUT2D eigenvalue weighted by Crippen LogP contribution is -2.15. The summed E-state index contributed by atoms with van der Waals surface area (Å²) in [4.78, 5) is 26.9. The first-order valence-corrected chi connectivity index (χ1v) is 8.12. The van der Waals surface area contributed by atoms with E-state index < -0.39 is 29.2 Å². The highest BCUT2D eigenvalue weighted by atomic mass is 19.3. The Bertz CT molecular complexity index is 1050. The van der Waals surface area contributed by atoms with E-state index in [1.54, 1.807) is 18.2 Å². The second kappa shape index (κ2) is 7.59. The van der Waals surface area contributed by atoms with Crippen molar-refractivity contribution >= 4 is 22.7 Å². The lowest BCUT2D eigenvalue weighted by atomic mass is 10.2. The fraction of sp³-hybridized carbons (Fsp3) is 0.222. The predicted molar refractivity (Wildman–Crippen MR) is 94.5 cm³/mol. The summed E-state index contributed by atoms with van der Waals surface area (Å²) in [5.41, 5.74) is 0.0137. The summed E-state index contributed by atoms with van der Waals surface area (Å²) >= 11 is 0. The number of aromatic nitrogens is 2. The largest absolute Gasteiger partial charge is 0.490 e. The third kappa shape index (κ3) is 3.48. The number of fused-ring (bicyclic) bond motifs is 1. The molecule has 0 aliphatic carbocycles. The van der Waals surface area contributed by atoms with Crippen LogP contribution in [0.2, 0.25) is 0 Å². The van der Waals surface area contributed by atoms with Crippen molar-refractivity contribution in [2.24, 2.45) is 0 Å². The molecule has 0 fully saturated rings. The second-order valence-corrected chi connectivity index (χ2v) is 5.80. The summed E-state index contributed by atoms with van der Waals surface area (Å²) in [6.45, 7) is -1.48. The number of hydrogen-bond acceptors (Lipinski definition) is 6. The average Bonchev–Trinajstić information content (AvgIpc) is 3.07. The molecular weight excluding hydrogens is 376 g/mol. The molecule has 0 spiro atoms. The van der Waals surface area contributed by atoms with Gasteiger partial charge in [-0.3, -0.25) is 14.7 Å². The first kappa shape index (κ1) is 19.2. The molecule has 0 saturated heterocycles. The van der Waals surface area contributed by atoms with Crippen molar-refractivity contribution < 1.29 is 28.0 Å². The number of nitrogens with zero attached hydrogens (tertiary/aromatic N) is 3.